The Morgan fingerprint density at radius 2 is 1.62 bits per heavy atom. The van der Waals surface area contributed by atoms with Crippen LogP contribution in [0.3, 0.4) is 0 Å². The Labute approximate surface area is 153 Å². The molecule has 5 nitrogen and oxygen atoms in total. The van der Waals surface area contributed by atoms with Gasteiger partial charge in [-0.3, -0.25) is 4.98 Å². The summed E-state index contributed by atoms with van der Waals surface area (Å²) < 4.78 is 5.37. The maximum Gasteiger partial charge on any atom is 0.141 e. The highest BCUT2D eigenvalue weighted by Gasteiger charge is 2.18. The lowest BCUT2D eigenvalue weighted by Crippen LogP contribution is -1.93. The number of nitrogens with zero attached hydrogens (tertiary/aromatic N) is 3. The fourth-order valence-corrected chi connectivity index (χ4v) is 3.60. The van der Waals surface area contributed by atoms with Crippen LogP contribution in [0.4, 0.5) is 0 Å². The van der Waals surface area contributed by atoms with Crippen molar-refractivity contribution in [3.63, 3.8) is 0 Å². The molecule has 0 saturated carbocycles. The highest BCUT2D eigenvalue weighted by molar-refractivity contribution is 5.97. The number of aromatic nitrogens is 4. The third kappa shape index (κ3) is 2.69. The number of H-pyrrole nitrogens is 1. The van der Waals surface area contributed by atoms with Gasteiger partial charge in [0.05, 0.1) is 16.7 Å². The second-order valence-electron chi connectivity index (χ2n) is 6.59. The fraction of sp³-hybridized carbons (Fsp3) is 0.286. The van der Waals surface area contributed by atoms with Gasteiger partial charge in [-0.25, -0.2) is 4.98 Å². The van der Waals surface area contributed by atoms with Crippen molar-refractivity contribution in [1.29, 1.82) is 0 Å². The lowest BCUT2D eigenvalue weighted by molar-refractivity contribution is 0.393. The Morgan fingerprint density at radius 1 is 0.923 bits per heavy atom. The molecule has 4 aromatic rings. The van der Waals surface area contributed by atoms with Crippen molar-refractivity contribution in [2.45, 2.75) is 42.0 Å². The van der Waals surface area contributed by atoms with Crippen molar-refractivity contribution in [2.24, 2.45) is 0 Å². The lowest BCUT2D eigenvalue weighted by atomic mass is 9.93. The van der Waals surface area contributed by atoms with Gasteiger partial charge in [0.1, 0.15) is 11.6 Å². The van der Waals surface area contributed by atoms with Crippen LogP contribution in [0.15, 0.2) is 29.0 Å². The van der Waals surface area contributed by atoms with E-state index in [0.29, 0.717) is 0 Å². The van der Waals surface area contributed by atoms with E-state index in [9.17, 15) is 0 Å². The Kier molecular flexibility index (Phi) is 4.40. The summed E-state index contributed by atoms with van der Waals surface area (Å²) in [6, 6.07) is 4.31. The molecule has 3 aromatic heterocycles. The largest absolute Gasteiger partial charge is 0.361 e. The van der Waals surface area contributed by atoms with Crippen LogP contribution in [0.5, 0.6) is 0 Å². The van der Waals surface area contributed by atoms with Crippen LogP contribution in [0.25, 0.3) is 33.3 Å². The van der Waals surface area contributed by atoms with Crippen LogP contribution in [0.1, 0.15) is 35.8 Å². The van der Waals surface area contributed by atoms with Crippen LogP contribution >= 0.6 is 0 Å². The molecule has 3 heterocycles. The molecule has 4 rings (SSSR count). The van der Waals surface area contributed by atoms with Crippen molar-refractivity contribution in [1.82, 2.24) is 20.1 Å². The van der Waals surface area contributed by atoms with E-state index in [2.05, 4.69) is 41.1 Å². The second-order valence-corrected chi connectivity index (χ2v) is 6.59. The lowest BCUT2D eigenvalue weighted by Gasteiger charge is -2.12. The van der Waals surface area contributed by atoms with Crippen LogP contribution in [-0.2, 0) is 0 Å². The molecule has 0 atom stereocenters. The number of imidazole rings is 1. The molecule has 0 spiro atoms. The van der Waals surface area contributed by atoms with Gasteiger partial charge in [0.25, 0.3) is 0 Å². The zero-order valence-electron chi connectivity index (χ0n) is 15.1. The summed E-state index contributed by atoms with van der Waals surface area (Å²) in [6.45, 7) is 10.1. The van der Waals surface area contributed by atoms with Crippen LogP contribution in [0, 0.1) is 34.6 Å². The summed E-state index contributed by atoms with van der Waals surface area (Å²) >= 11 is 0. The first kappa shape index (κ1) is 17.9. The number of fused-ring (bicyclic) bond motifs is 1. The standard InChI is InChI=1S/C20H20N4O.CH4/c1-10-8-21-9-11(2)18(10)16-6-15(19-12(3)24-25-13(19)4)7-17-20(16)23-14(5)22-17;/h6-9H,1-5H3,(H,22,23);1H4. The molecule has 0 radical (unpaired) electrons. The SMILES string of the molecule is C.Cc1nc2c(-c3c(C)cncc3C)cc(-c3c(C)noc3C)cc2[nH]1. The summed E-state index contributed by atoms with van der Waals surface area (Å²) in [4.78, 5) is 12.4. The maximum atomic E-state index is 5.37. The van der Waals surface area contributed by atoms with Gasteiger partial charge in [-0.2, -0.15) is 0 Å². The van der Waals surface area contributed by atoms with Gasteiger partial charge in [-0.1, -0.05) is 12.6 Å². The van der Waals surface area contributed by atoms with E-state index in [1.807, 2.05) is 33.2 Å². The zero-order chi connectivity index (χ0) is 17.7. The molecule has 0 amide bonds. The van der Waals surface area contributed by atoms with Crippen LogP contribution in [0.2, 0.25) is 0 Å². The summed E-state index contributed by atoms with van der Waals surface area (Å²) in [5, 5.41) is 4.10. The number of hydrogen-bond acceptors (Lipinski definition) is 4. The number of nitrogens with one attached hydrogen (secondary N) is 1. The smallest absolute Gasteiger partial charge is 0.141 e. The Bertz CT molecular complexity index is 1070. The molecular weight excluding hydrogens is 324 g/mol. The first-order valence-electron chi connectivity index (χ1n) is 8.31. The average Bonchev–Trinajstić information content (AvgIpc) is 3.08. The van der Waals surface area contributed by atoms with Crippen molar-refractivity contribution >= 4 is 11.0 Å². The summed E-state index contributed by atoms with van der Waals surface area (Å²) in [6.07, 6.45) is 3.80. The number of benzene rings is 1. The first-order valence-corrected chi connectivity index (χ1v) is 8.31. The topological polar surface area (TPSA) is 67.6 Å². The molecule has 5 heteroatoms. The number of rotatable bonds is 2. The molecule has 0 unspecified atom stereocenters. The molecular formula is C21H24N4O. The highest BCUT2D eigenvalue weighted by atomic mass is 16.5. The summed E-state index contributed by atoms with van der Waals surface area (Å²) in [5.74, 6) is 1.72. The van der Waals surface area contributed by atoms with Crippen molar-refractivity contribution in [3.8, 4) is 22.3 Å². The van der Waals surface area contributed by atoms with E-state index < -0.39 is 0 Å². The van der Waals surface area contributed by atoms with Crippen LogP contribution < -0.4 is 0 Å². The van der Waals surface area contributed by atoms with E-state index in [1.165, 1.54) is 5.56 Å². The summed E-state index contributed by atoms with van der Waals surface area (Å²) in [7, 11) is 0. The van der Waals surface area contributed by atoms with E-state index in [-0.39, 0.29) is 7.43 Å². The monoisotopic (exact) mass is 348 g/mol. The van der Waals surface area contributed by atoms with E-state index >= 15 is 0 Å². The highest BCUT2D eigenvalue weighted by Crippen LogP contribution is 2.37. The van der Waals surface area contributed by atoms with Gasteiger partial charge in [-0.05, 0) is 69.0 Å². The molecule has 0 saturated heterocycles. The fourth-order valence-electron chi connectivity index (χ4n) is 3.60. The van der Waals surface area contributed by atoms with Crippen molar-refractivity contribution < 1.29 is 4.52 Å². The zero-order valence-corrected chi connectivity index (χ0v) is 15.1. The number of pyridine rings is 1. The average molecular weight is 348 g/mol. The van der Waals surface area contributed by atoms with Crippen LogP contribution in [-0.4, -0.2) is 20.1 Å². The normalized spacial score (nSPS) is 11.0. The van der Waals surface area contributed by atoms with Crippen molar-refractivity contribution in [3.05, 3.63) is 52.9 Å². The molecule has 0 fully saturated rings. The minimum Gasteiger partial charge on any atom is -0.361 e. The molecule has 0 aliphatic carbocycles. The van der Waals surface area contributed by atoms with E-state index in [4.69, 9.17) is 9.51 Å². The minimum atomic E-state index is 0. The molecule has 1 N–H and O–H groups in total. The minimum absolute atomic E-state index is 0. The third-order valence-electron chi connectivity index (χ3n) is 4.62. The predicted octanol–water partition coefficient (Wildman–Crippen LogP) is 5.46. The first-order chi connectivity index (χ1) is 12.0. The molecule has 0 aliphatic rings. The molecule has 134 valence electrons. The van der Waals surface area contributed by atoms with Gasteiger partial charge in [-0.15, -0.1) is 0 Å². The molecule has 0 bridgehead atoms. The third-order valence-corrected chi connectivity index (χ3v) is 4.62. The quantitative estimate of drug-likeness (QED) is 0.522. The van der Waals surface area contributed by atoms with Gasteiger partial charge in [0, 0.05) is 23.5 Å². The molecule has 1 aromatic carbocycles. The van der Waals surface area contributed by atoms with Gasteiger partial charge in [0.2, 0.25) is 0 Å². The summed E-state index contributed by atoms with van der Waals surface area (Å²) in [5.41, 5.74) is 9.57. The Hall–Kier alpha value is -2.95. The van der Waals surface area contributed by atoms with E-state index in [0.717, 1.165) is 56.1 Å². The predicted molar refractivity (Wildman–Crippen MR) is 105 cm³/mol. The second kappa shape index (κ2) is 6.41. The van der Waals surface area contributed by atoms with Gasteiger partial charge in [0.15, 0.2) is 0 Å². The van der Waals surface area contributed by atoms with Gasteiger partial charge >= 0.3 is 0 Å². The molecule has 26 heavy (non-hydrogen) atoms. The number of hydrogen-bond donors (Lipinski definition) is 1. The Balaban J connectivity index is 0.00000196. The number of aryl methyl sites for hydroxylation is 5. The van der Waals surface area contributed by atoms with E-state index in [1.54, 1.807) is 0 Å². The van der Waals surface area contributed by atoms with Crippen molar-refractivity contribution in [2.75, 3.05) is 0 Å². The maximum absolute atomic E-state index is 5.37. The Morgan fingerprint density at radius 3 is 2.23 bits per heavy atom. The number of aromatic amines is 1. The van der Waals surface area contributed by atoms with Gasteiger partial charge < -0.3 is 9.51 Å². The molecule has 0 aliphatic heterocycles.